The lowest BCUT2D eigenvalue weighted by Crippen LogP contribution is -1.96. The maximum absolute atomic E-state index is 14.7. The van der Waals surface area contributed by atoms with Gasteiger partial charge >= 0.3 is 0 Å². The van der Waals surface area contributed by atoms with Crippen LogP contribution in [0.25, 0.3) is 33.0 Å². The number of fused-ring (bicyclic) bond motifs is 1. The summed E-state index contributed by atoms with van der Waals surface area (Å²) in [6.07, 6.45) is 0.919. The molecule has 0 aliphatic carbocycles. The molecule has 0 aromatic heterocycles. The predicted octanol–water partition coefficient (Wildman–Crippen LogP) is 7.15. The highest BCUT2D eigenvalue weighted by Crippen LogP contribution is 2.40. The van der Waals surface area contributed by atoms with Gasteiger partial charge in [-0.2, -0.15) is 0 Å². The summed E-state index contributed by atoms with van der Waals surface area (Å²) in [5.74, 6) is -3.81. The molecular weight excluding hydrogens is 345 g/mol. The van der Waals surface area contributed by atoms with Gasteiger partial charge in [0, 0.05) is 11.1 Å². The second-order valence-corrected chi connectivity index (χ2v) is 6.48. The third-order valence-corrected chi connectivity index (χ3v) is 4.91. The Labute approximate surface area is 155 Å². The number of aryl methyl sites for hydroxylation is 1. The Kier molecular flexibility index (Phi) is 4.44. The molecule has 0 N–H and O–H groups in total. The van der Waals surface area contributed by atoms with Gasteiger partial charge in [-0.05, 0) is 46.0 Å². The summed E-state index contributed by atoms with van der Waals surface area (Å²) in [7, 11) is 0. The van der Waals surface area contributed by atoms with Crippen LogP contribution in [0.4, 0.5) is 13.2 Å². The Hall–Kier alpha value is -3.07. The topological polar surface area (TPSA) is 0 Å². The van der Waals surface area contributed by atoms with Crippen molar-refractivity contribution in [1.82, 2.24) is 0 Å². The molecule has 0 spiro atoms. The molecule has 4 aromatic carbocycles. The monoisotopic (exact) mass is 362 g/mol. The molecule has 4 rings (SSSR count). The van der Waals surface area contributed by atoms with Gasteiger partial charge in [0.15, 0.2) is 17.5 Å². The highest BCUT2D eigenvalue weighted by atomic mass is 19.2. The SMILES string of the molecule is CCc1ccc(-c2ccc3ccccc3c2-c2ccc(F)c(F)c2F)cc1. The fraction of sp³-hybridized carbons (Fsp3) is 0.0833. The number of hydrogen-bond acceptors (Lipinski definition) is 0. The summed E-state index contributed by atoms with van der Waals surface area (Å²) in [4.78, 5) is 0. The molecule has 134 valence electrons. The van der Waals surface area contributed by atoms with E-state index in [4.69, 9.17) is 0 Å². The van der Waals surface area contributed by atoms with E-state index >= 15 is 0 Å². The Morgan fingerprint density at radius 2 is 1.37 bits per heavy atom. The van der Waals surface area contributed by atoms with Crippen LogP contribution in [0.15, 0.2) is 72.8 Å². The van der Waals surface area contributed by atoms with Crippen molar-refractivity contribution in [2.45, 2.75) is 13.3 Å². The molecule has 27 heavy (non-hydrogen) atoms. The summed E-state index contributed by atoms with van der Waals surface area (Å²) < 4.78 is 42.1. The molecule has 0 atom stereocenters. The first-order valence-electron chi connectivity index (χ1n) is 8.85. The summed E-state index contributed by atoms with van der Waals surface area (Å²) in [6, 6.07) is 21.7. The molecule has 0 heterocycles. The fourth-order valence-corrected chi connectivity index (χ4v) is 3.44. The average molecular weight is 362 g/mol. The van der Waals surface area contributed by atoms with Crippen LogP contribution in [-0.2, 0) is 6.42 Å². The number of rotatable bonds is 3. The van der Waals surface area contributed by atoms with Gasteiger partial charge in [0.25, 0.3) is 0 Å². The highest BCUT2D eigenvalue weighted by molar-refractivity contribution is 6.04. The molecular formula is C24H17F3. The standard InChI is InChI=1S/C24H17F3/c1-2-15-7-9-17(10-8-15)19-12-11-16-5-3-4-6-18(16)22(19)20-13-14-21(25)24(27)23(20)26/h3-14H,2H2,1H3. The van der Waals surface area contributed by atoms with E-state index in [0.717, 1.165) is 34.4 Å². The first kappa shape index (κ1) is 17.3. The lowest BCUT2D eigenvalue weighted by atomic mass is 9.89. The molecule has 3 heteroatoms. The van der Waals surface area contributed by atoms with Gasteiger partial charge in [0.2, 0.25) is 0 Å². The zero-order valence-electron chi connectivity index (χ0n) is 14.8. The lowest BCUT2D eigenvalue weighted by molar-refractivity contribution is 0.449. The van der Waals surface area contributed by atoms with Gasteiger partial charge in [-0.15, -0.1) is 0 Å². The van der Waals surface area contributed by atoms with Crippen molar-refractivity contribution < 1.29 is 13.2 Å². The van der Waals surface area contributed by atoms with Crippen molar-refractivity contribution >= 4 is 10.8 Å². The third kappa shape index (κ3) is 2.99. The van der Waals surface area contributed by atoms with E-state index < -0.39 is 17.5 Å². The van der Waals surface area contributed by atoms with Crippen molar-refractivity contribution in [2.75, 3.05) is 0 Å². The van der Waals surface area contributed by atoms with Crippen LogP contribution in [0, 0.1) is 17.5 Å². The van der Waals surface area contributed by atoms with Crippen LogP contribution < -0.4 is 0 Å². The molecule has 0 fully saturated rings. The van der Waals surface area contributed by atoms with E-state index in [2.05, 4.69) is 6.92 Å². The molecule has 0 aliphatic rings. The minimum Gasteiger partial charge on any atom is -0.204 e. The Bertz CT molecular complexity index is 1130. The van der Waals surface area contributed by atoms with E-state index in [0.29, 0.717) is 5.56 Å². The van der Waals surface area contributed by atoms with Crippen molar-refractivity contribution in [3.05, 3.63) is 95.8 Å². The minimum atomic E-state index is -1.45. The maximum atomic E-state index is 14.7. The summed E-state index contributed by atoms with van der Waals surface area (Å²) in [5.41, 5.74) is 3.49. The van der Waals surface area contributed by atoms with Crippen LogP contribution >= 0.6 is 0 Å². The third-order valence-electron chi connectivity index (χ3n) is 4.91. The van der Waals surface area contributed by atoms with Crippen LogP contribution in [0.3, 0.4) is 0 Å². The van der Waals surface area contributed by atoms with Gasteiger partial charge in [-0.25, -0.2) is 13.2 Å². The fourth-order valence-electron chi connectivity index (χ4n) is 3.44. The summed E-state index contributed by atoms with van der Waals surface area (Å²) in [5, 5.41) is 1.70. The molecule has 0 saturated carbocycles. The van der Waals surface area contributed by atoms with Crippen molar-refractivity contribution in [2.24, 2.45) is 0 Å². The molecule has 0 saturated heterocycles. The van der Waals surface area contributed by atoms with Crippen molar-refractivity contribution in [1.29, 1.82) is 0 Å². The van der Waals surface area contributed by atoms with Crippen molar-refractivity contribution in [3.8, 4) is 22.3 Å². The lowest BCUT2D eigenvalue weighted by Gasteiger charge is -2.15. The first-order valence-corrected chi connectivity index (χ1v) is 8.85. The average Bonchev–Trinajstić information content (AvgIpc) is 2.72. The minimum absolute atomic E-state index is 0.0558. The smallest absolute Gasteiger partial charge is 0.195 e. The predicted molar refractivity (Wildman–Crippen MR) is 104 cm³/mol. The van der Waals surface area contributed by atoms with Crippen LogP contribution in [0.1, 0.15) is 12.5 Å². The molecule has 0 nitrogen and oxygen atoms in total. The number of hydrogen-bond donors (Lipinski definition) is 0. The van der Waals surface area contributed by atoms with E-state index in [1.807, 2.05) is 60.7 Å². The van der Waals surface area contributed by atoms with Gasteiger partial charge in [0.1, 0.15) is 0 Å². The van der Waals surface area contributed by atoms with Gasteiger partial charge in [0.05, 0.1) is 0 Å². The molecule has 4 aromatic rings. The van der Waals surface area contributed by atoms with E-state index in [1.54, 1.807) is 0 Å². The Morgan fingerprint density at radius 3 is 2.11 bits per heavy atom. The Morgan fingerprint density at radius 1 is 0.667 bits per heavy atom. The number of benzene rings is 4. The van der Waals surface area contributed by atoms with Gasteiger partial charge in [-0.1, -0.05) is 67.6 Å². The zero-order chi connectivity index (χ0) is 19.0. The van der Waals surface area contributed by atoms with Gasteiger partial charge in [-0.3, -0.25) is 0 Å². The molecule has 0 unspecified atom stereocenters. The van der Waals surface area contributed by atoms with E-state index in [-0.39, 0.29) is 5.56 Å². The van der Waals surface area contributed by atoms with E-state index in [9.17, 15) is 13.2 Å². The molecule has 0 aliphatic heterocycles. The van der Waals surface area contributed by atoms with Crippen LogP contribution in [0.2, 0.25) is 0 Å². The molecule has 0 radical (unpaired) electrons. The largest absolute Gasteiger partial charge is 0.204 e. The van der Waals surface area contributed by atoms with Crippen LogP contribution in [0.5, 0.6) is 0 Å². The summed E-state index contributed by atoms with van der Waals surface area (Å²) >= 11 is 0. The first-order chi connectivity index (χ1) is 13.1. The van der Waals surface area contributed by atoms with Gasteiger partial charge < -0.3 is 0 Å². The van der Waals surface area contributed by atoms with Crippen LogP contribution in [-0.4, -0.2) is 0 Å². The second-order valence-electron chi connectivity index (χ2n) is 6.48. The zero-order valence-corrected chi connectivity index (χ0v) is 14.8. The normalized spacial score (nSPS) is 11.1. The summed E-state index contributed by atoms with van der Waals surface area (Å²) in [6.45, 7) is 2.08. The maximum Gasteiger partial charge on any atom is 0.195 e. The Balaban J connectivity index is 2.06. The highest BCUT2D eigenvalue weighted by Gasteiger charge is 2.19. The second kappa shape index (κ2) is 6.92. The quantitative estimate of drug-likeness (QED) is 0.339. The van der Waals surface area contributed by atoms with Crippen molar-refractivity contribution in [3.63, 3.8) is 0 Å². The van der Waals surface area contributed by atoms with E-state index in [1.165, 1.54) is 11.6 Å². The molecule has 0 bridgehead atoms. The number of halogens is 3. The molecule has 0 amide bonds.